The normalized spacial score (nSPS) is 21.5. The Labute approximate surface area is 146 Å². The fourth-order valence-electron chi connectivity index (χ4n) is 3.11. The first-order valence-electron chi connectivity index (χ1n) is 8.40. The number of piperidine rings is 1. The predicted molar refractivity (Wildman–Crippen MR) is 94.5 cm³/mol. The number of carbonyl (C=O) groups excluding carboxylic acids is 2. The van der Waals surface area contributed by atoms with Gasteiger partial charge in [0.2, 0.25) is 5.91 Å². The second-order valence-electron chi connectivity index (χ2n) is 6.18. The summed E-state index contributed by atoms with van der Waals surface area (Å²) in [7, 11) is 0. The number of hydrogen-bond donors (Lipinski definition) is 2. The third-order valence-corrected chi connectivity index (χ3v) is 5.51. The van der Waals surface area contributed by atoms with Crippen LogP contribution in [0.1, 0.15) is 48.3 Å². The molecular formula is C17H26N2O4S. The van der Waals surface area contributed by atoms with Crippen LogP contribution in [-0.4, -0.2) is 53.7 Å². The topological polar surface area (TPSA) is 78.9 Å². The van der Waals surface area contributed by atoms with Crippen LogP contribution in [-0.2, 0) is 9.53 Å². The Kier molecular flexibility index (Phi) is 6.77. The van der Waals surface area contributed by atoms with E-state index in [0.29, 0.717) is 16.5 Å². The highest BCUT2D eigenvalue weighted by Crippen LogP contribution is 2.28. The number of anilines is 1. The Morgan fingerprint density at radius 3 is 2.88 bits per heavy atom. The van der Waals surface area contributed by atoms with Crippen molar-refractivity contribution < 1.29 is 19.4 Å². The van der Waals surface area contributed by atoms with Gasteiger partial charge in [0, 0.05) is 12.1 Å². The van der Waals surface area contributed by atoms with Crippen molar-refractivity contribution in [1.82, 2.24) is 4.90 Å². The Morgan fingerprint density at radius 1 is 1.46 bits per heavy atom. The summed E-state index contributed by atoms with van der Waals surface area (Å²) >= 11 is 1.23. The minimum Gasteiger partial charge on any atom is -0.462 e. The van der Waals surface area contributed by atoms with Crippen LogP contribution in [0.5, 0.6) is 0 Å². The number of nitrogens with zero attached hydrogens (tertiary/aromatic N) is 1. The van der Waals surface area contributed by atoms with Crippen LogP contribution in [0, 0.1) is 6.92 Å². The molecule has 1 aromatic heterocycles. The maximum atomic E-state index is 12.4. The van der Waals surface area contributed by atoms with E-state index in [2.05, 4.69) is 17.1 Å². The van der Waals surface area contributed by atoms with Crippen molar-refractivity contribution in [3.05, 3.63) is 16.5 Å². The first-order chi connectivity index (χ1) is 11.5. The van der Waals surface area contributed by atoms with E-state index in [0.717, 1.165) is 24.8 Å². The molecule has 0 bridgehead atoms. The summed E-state index contributed by atoms with van der Waals surface area (Å²) in [4.78, 5) is 26.8. The summed E-state index contributed by atoms with van der Waals surface area (Å²) in [5.41, 5.74) is 0.799. The molecule has 2 rings (SSSR count). The van der Waals surface area contributed by atoms with E-state index in [1.54, 1.807) is 13.0 Å². The molecule has 0 spiro atoms. The largest absolute Gasteiger partial charge is 0.462 e. The summed E-state index contributed by atoms with van der Waals surface area (Å²) in [5.74, 6) is -0.482. The van der Waals surface area contributed by atoms with E-state index in [-0.39, 0.29) is 37.1 Å². The third kappa shape index (κ3) is 4.55. The first kappa shape index (κ1) is 18.9. The van der Waals surface area contributed by atoms with E-state index in [4.69, 9.17) is 4.74 Å². The number of likely N-dealkylation sites (tertiary alicyclic amines) is 1. The van der Waals surface area contributed by atoms with E-state index in [1.165, 1.54) is 11.3 Å². The Balaban J connectivity index is 1.99. The highest BCUT2D eigenvalue weighted by atomic mass is 32.1. The molecule has 1 amide bonds. The molecule has 6 nitrogen and oxygen atoms in total. The molecule has 7 heteroatoms. The van der Waals surface area contributed by atoms with Crippen LogP contribution in [0.4, 0.5) is 5.00 Å². The molecule has 1 aliphatic rings. The fraction of sp³-hybridized carbons (Fsp3) is 0.647. The lowest BCUT2D eigenvalue weighted by atomic mass is 9.97. The Morgan fingerprint density at radius 2 is 2.21 bits per heavy atom. The van der Waals surface area contributed by atoms with Crippen LogP contribution >= 0.6 is 11.3 Å². The van der Waals surface area contributed by atoms with Crippen molar-refractivity contribution in [3.8, 4) is 0 Å². The van der Waals surface area contributed by atoms with Crippen molar-refractivity contribution in [2.45, 2.75) is 52.1 Å². The molecule has 2 atom stereocenters. The van der Waals surface area contributed by atoms with Crippen molar-refractivity contribution in [2.24, 2.45) is 0 Å². The molecule has 2 N–H and O–H groups in total. The van der Waals surface area contributed by atoms with E-state index < -0.39 is 0 Å². The molecule has 1 saturated heterocycles. The zero-order chi connectivity index (χ0) is 17.7. The van der Waals surface area contributed by atoms with Gasteiger partial charge in [-0.3, -0.25) is 9.69 Å². The standard InChI is InChI=1S/C17H26N2O4S/c1-4-23-17(22)16-11(2)8-15(24-16)18-14(21)9-19-12(3)6-5-7-13(19)10-20/h8,12-13,20H,4-7,9-10H2,1-3H3,(H,18,21)/t12-,13-/m0/s1. The molecule has 2 heterocycles. The molecule has 0 saturated carbocycles. The van der Waals surface area contributed by atoms with Gasteiger partial charge in [0.25, 0.3) is 0 Å². The SMILES string of the molecule is CCOC(=O)c1sc(NC(=O)CN2[C@H](CO)CCC[C@@H]2C)cc1C. The lowest BCUT2D eigenvalue weighted by Crippen LogP contribution is -2.50. The number of aliphatic hydroxyl groups is 1. The molecule has 0 aliphatic carbocycles. The highest BCUT2D eigenvalue weighted by Gasteiger charge is 2.29. The number of hydrogen-bond acceptors (Lipinski definition) is 6. The summed E-state index contributed by atoms with van der Waals surface area (Å²) < 4.78 is 5.01. The van der Waals surface area contributed by atoms with Gasteiger partial charge in [0.05, 0.1) is 24.8 Å². The second kappa shape index (κ2) is 8.60. The molecule has 0 unspecified atom stereocenters. The van der Waals surface area contributed by atoms with Crippen molar-refractivity contribution >= 4 is 28.2 Å². The summed E-state index contributed by atoms with van der Waals surface area (Å²) in [5, 5.41) is 13.0. The number of carbonyl (C=O) groups is 2. The van der Waals surface area contributed by atoms with E-state index in [9.17, 15) is 14.7 Å². The quantitative estimate of drug-likeness (QED) is 0.767. The van der Waals surface area contributed by atoms with E-state index in [1.807, 2.05) is 6.92 Å². The van der Waals surface area contributed by atoms with Crippen LogP contribution in [0.2, 0.25) is 0 Å². The van der Waals surface area contributed by atoms with Gasteiger partial charge in [-0.1, -0.05) is 6.42 Å². The number of aliphatic hydroxyl groups excluding tert-OH is 1. The lowest BCUT2D eigenvalue weighted by Gasteiger charge is -2.39. The maximum absolute atomic E-state index is 12.4. The number of esters is 1. The van der Waals surface area contributed by atoms with Gasteiger partial charge >= 0.3 is 5.97 Å². The maximum Gasteiger partial charge on any atom is 0.348 e. The van der Waals surface area contributed by atoms with Gasteiger partial charge in [-0.05, 0) is 45.2 Å². The average molecular weight is 354 g/mol. The Bertz CT molecular complexity index is 587. The summed E-state index contributed by atoms with van der Waals surface area (Å²) in [6.45, 7) is 6.32. The third-order valence-electron chi connectivity index (χ3n) is 4.37. The van der Waals surface area contributed by atoms with Crippen LogP contribution < -0.4 is 5.32 Å². The molecule has 134 valence electrons. The molecule has 24 heavy (non-hydrogen) atoms. The lowest BCUT2D eigenvalue weighted by molar-refractivity contribution is -0.119. The molecular weight excluding hydrogens is 328 g/mol. The van der Waals surface area contributed by atoms with Crippen molar-refractivity contribution in [2.75, 3.05) is 25.1 Å². The number of nitrogens with one attached hydrogen (secondary N) is 1. The van der Waals surface area contributed by atoms with Gasteiger partial charge in [0.1, 0.15) is 4.88 Å². The second-order valence-corrected chi connectivity index (χ2v) is 7.23. The van der Waals surface area contributed by atoms with E-state index >= 15 is 0 Å². The van der Waals surface area contributed by atoms with Gasteiger partial charge in [0.15, 0.2) is 0 Å². The minimum absolute atomic E-state index is 0.0414. The smallest absolute Gasteiger partial charge is 0.348 e. The summed E-state index contributed by atoms with van der Waals surface area (Å²) in [6.07, 6.45) is 3.03. The number of thiophene rings is 1. The van der Waals surface area contributed by atoms with Gasteiger partial charge in [-0.25, -0.2) is 4.79 Å². The van der Waals surface area contributed by atoms with Gasteiger partial charge < -0.3 is 15.2 Å². The number of aryl methyl sites for hydroxylation is 1. The monoisotopic (exact) mass is 354 g/mol. The zero-order valence-corrected chi connectivity index (χ0v) is 15.3. The molecule has 0 aromatic carbocycles. The molecule has 1 aliphatic heterocycles. The molecule has 0 radical (unpaired) electrons. The van der Waals surface area contributed by atoms with Crippen LogP contribution in [0.3, 0.4) is 0 Å². The summed E-state index contributed by atoms with van der Waals surface area (Å²) in [6, 6.07) is 2.11. The molecule has 1 fully saturated rings. The first-order valence-corrected chi connectivity index (χ1v) is 9.21. The minimum atomic E-state index is -0.356. The number of ether oxygens (including phenoxy) is 1. The fourth-order valence-corrected chi connectivity index (χ4v) is 4.09. The predicted octanol–water partition coefficient (Wildman–Crippen LogP) is 2.41. The number of amides is 1. The van der Waals surface area contributed by atoms with Crippen LogP contribution in [0.25, 0.3) is 0 Å². The number of rotatable bonds is 6. The Hall–Kier alpha value is -1.44. The van der Waals surface area contributed by atoms with Crippen molar-refractivity contribution in [3.63, 3.8) is 0 Å². The zero-order valence-electron chi connectivity index (χ0n) is 14.5. The average Bonchev–Trinajstić information content (AvgIpc) is 2.90. The van der Waals surface area contributed by atoms with Crippen LogP contribution in [0.15, 0.2) is 6.07 Å². The van der Waals surface area contributed by atoms with Gasteiger partial charge in [-0.2, -0.15) is 0 Å². The molecule has 1 aromatic rings. The van der Waals surface area contributed by atoms with Crippen molar-refractivity contribution in [1.29, 1.82) is 0 Å². The van der Waals surface area contributed by atoms with Gasteiger partial charge in [-0.15, -0.1) is 11.3 Å². The highest BCUT2D eigenvalue weighted by molar-refractivity contribution is 7.18.